The molecule has 2 nitrogen and oxygen atoms in total. The number of methoxy groups -OCH3 is 2. The Kier molecular flexibility index (Phi) is 3.81. The fraction of sp³-hybridized carbons (Fsp3) is 0.455. The van der Waals surface area contributed by atoms with E-state index in [1.807, 2.05) is 6.07 Å². The van der Waals surface area contributed by atoms with Gasteiger partial charge in [0.25, 0.3) is 0 Å². The monoisotopic (exact) mass is 258 g/mol. The maximum atomic E-state index is 5.25. The van der Waals surface area contributed by atoms with Crippen LogP contribution < -0.4 is 9.47 Å². The first-order valence-electron chi connectivity index (χ1n) is 4.51. The molecule has 0 fully saturated rings. The fourth-order valence-corrected chi connectivity index (χ4v) is 1.89. The summed E-state index contributed by atoms with van der Waals surface area (Å²) in [5, 5.41) is 0. The highest BCUT2D eigenvalue weighted by atomic mass is 79.9. The number of ether oxygens (including phenoxy) is 2. The van der Waals surface area contributed by atoms with E-state index in [1.165, 1.54) is 5.56 Å². The Bertz CT molecular complexity index is 321. The van der Waals surface area contributed by atoms with Crippen LogP contribution in [0.3, 0.4) is 0 Å². The van der Waals surface area contributed by atoms with Crippen LogP contribution in [0, 0.1) is 0 Å². The van der Waals surface area contributed by atoms with Gasteiger partial charge in [-0.2, -0.15) is 0 Å². The Morgan fingerprint density at radius 3 is 2.21 bits per heavy atom. The van der Waals surface area contributed by atoms with Crippen LogP contribution in [0.4, 0.5) is 0 Å². The average Bonchev–Trinajstić information content (AvgIpc) is 2.16. The van der Waals surface area contributed by atoms with E-state index < -0.39 is 0 Å². The van der Waals surface area contributed by atoms with E-state index in [-0.39, 0.29) is 0 Å². The average molecular weight is 259 g/mol. The number of halogens is 1. The highest BCUT2D eigenvalue weighted by Gasteiger charge is 2.11. The summed E-state index contributed by atoms with van der Waals surface area (Å²) in [6, 6.07) is 4.07. The maximum absolute atomic E-state index is 5.25. The van der Waals surface area contributed by atoms with E-state index >= 15 is 0 Å². The van der Waals surface area contributed by atoms with E-state index in [2.05, 4.69) is 35.8 Å². The highest BCUT2D eigenvalue weighted by Crippen LogP contribution is 2.37. The van der Waals surface area contributed by atoms with Gasteiger partial charge in [0.1, 0.15) is 0 Å². The number of benzene rings is 1. The molecule has 0 aliphatic carbocycles. The Morgan fingerprint density at radius 2 is 1.79 bits per heavy atom. The van der Waals surface area contributed by atoms with Gasteiger partial charge >= 0.3 is 0 Å². The number of hydrogen-bond donors (Lipinski definition) is 0. The zero-order valence-electron chi connectivity index (χ0n) is 8.93. The molecule has 3 heteroatoms. The van der Waals surface area contributed by atoms with Crippen LogP contribution >= 0.6 is 15.9 Å². The molecule has 0 heterocycles. The smallest absolute Gasteiger partial charge is 0.174 e. The normalized spacial score (nSPS) is 10.4. The van der Waals surface area contributed by atoms with Gasteiger partial charge in [0.2, 0.25) is 0 Å². The minimum atomic E-state index is 0.478. The van der Waals surface area contributed by atoms with Crippen molar-refractivity contribution in [2.75, 3.05) is 14.2 Å². The van der Waals surface area contributed by atoms with Crippen molar-refractivity contribution < 1.29 is 9.47 Å². The Morgan fingerprint density at radius 1 is 1.14 bits per heavy atom. The van der Waals surface area contributed by atoms with Gasteiger partial charge in [0.15, 0.2) is 11.5 Å². The molecule has 0 bridgehead atoms. The molecule has 0 aliphatic heterocycles. The summed E-state index contributed by atoms with van der Waals surface area (Å²) in [6.45, 7) is 4.29. The molecule has 0 atom stereocenters. The zero-order valence-corrected chi connectivity index (χ0v) is 10.5. The summed E-state index contributed by atoms with van der Waals surface area (Å²) in [5.41, 5.74) is 1.23. The lowest BCUT2D eigenvalue weighted by Crippen LogP contribution is -1.95. The third kappa shape index (κ3) is 2.21. The second kappa shape index (κ2) is 4.69. The lowest BCUT2D eigenvalue weighted by Gasteiger charge is -2.13. The third-order valence-electron chi connectivity index (χ3n) is 2.12. The molecule has 0 N–H and O–H groups in total. The predicted molar refractivity (Wildman–Crippen MR) is 61.3 cm³/mol. The molecule has 0 amide bonds. The molecule has 1 aromatic carbocycles. The van der Waals surface area contributed by atoms with Gasteiger partial charge in [-0.25, -0.2) is 0 Å². The minimum absolute atomic E-state index is 0.478. The van der Waals surface area contributed by atoms with Crippen molar-refractivity contribution in [2.24, 2.45) is 0 Å². The molecule has 0 saturated carbocycles. The maximum Gasteiger partial charge on any atom is 0.174 e. The van der Waals surface area contributed by atoms with Crippen molar-refractivity contribution in [1.29, 1.82) is 0 Å². The SMILES string of the molecule is COc1cc(C(C)C)cc(Br)c1OC. The van der Waals surface area contributed by atoms with Crippen LogP contribution in [0.2, 0.25) is 0 Å². The molecule has 0 aromatic heterocycles. The third-order valence-corrected chi connectivity index (χ3v) is 2.71. The van der Waals surface area contributed by atoms with Crippen molar-refractivity contribution in [3.8, 4) is 11.5 Å². The first kappa shape index (κ1) is 11.4. The lowest BCUT2D eigenvalue weighted by atomic mass is 10.0. The highest BCUT2D eigenvalue weighted by molar-refractivity contribution is 9.10. The van der Waals surface area contributed by atoms with Crippen molar-refractivity contribution in [3.05, 3.63) is 22.2 Å². The quantitative estimate of drug-likeness (QED) is 0.825. The van der Waals surface area contributed by atoms with Crippen molar-refractivity contribution in [2.45, 2.75) is 19.8 Å². The van der Waals surface area contributed by atoms with Gasteiger partial charge in [0.05, 0.1) is 18.7 Å². The summed E-state index contributed by atoms with van der Waals surface area (Å²) in [7, 11) is 3.28. The van der Waals surface area contributed by atoms with Crippen molar-refractivity contribution in [3.63, 3.8) is 0 Å². The minimum Gasteiger partial charge on any atom is -0.493 e. The van der Waals surface area contributed by atoms with Crippen LogP contribution in [-0.2, 0) is 0 Å². The summed E-state index contributed by atoms with van der Waals surface area (Å²) in [5.74, 6) is 1.99. The second-order valence-corrected chi connectivity index (χ2v) is 4.25. The van der Waals surface area contributed by atoms with Crippen molar-refractivity contribution >= 4 is 15.9 Å². The van der Waals surface area contributed by atoms with E-state index in [4.69, 9.17) is 9.47 Å². The largest absolute Gasteiger partial charge is 0.493 e. The summed E-state index contributed by atoms with van der Waals surface area (Å²) >= 11 is 3.46. The van der Waals surface area contributed by atoms with Crippen molar-refractivity contribution in [1.82, 2.24) is 0 Å². The molecule has 78 valence electrons. The molecule has 14 heavy (non-hydrogen) atoms. The number of rotatable bonds is 3. The van der Waals surface area contributed by atoms with Gasteiger partial charge in [-0.15, -0.1) is 0 Å². The second-order valence-electron chi connectivity index (χ2n) is 3.39. The first-order valence-corrected chi connectivity index (χ1v) is 5.30. The van der Waals surface area contributed by atoms with Crippen LogP contribution in [0.15, 0.2) is 16.6 Å². The van der Waals surface area contributed by atoms with Gasteiger partial charge in [-0.05, 0) is 39.5 Å². The van der Waals surface area contributed by atoms with Gasteiger partial charge in [-0.1, -0.05) is 13.8 Å². The Hall–Kier alpha value is -0.700. The van der Waals surface area contributed by atoms with Gasteiger partial charge in [-0.3, -0.25) is 0 Å². The molecular formula is C11H15BrO2. The first-order chi connectivity index (χ1) is 6.60. The standard InChI is InChI=1S/C11H15BrO2/c1-7(2)8-5-9(12)11(14-4)10(6-8)13-3/h5-7H,1-4H3. The molecule has 0 spiro atoms. The van der Waals surface area contributed by atoms with E-state index in [1.54, 1.807) is 14.2 Å². The van der Waals surface area contributed by atoms with Crippen LogP contribution in [0.5, 0.6) is 11.5 Å². The molecule has 1 aromatic rings. The topological polar surface area (TPSA) is 18.5 Å². The molecule has 0 saturated heterocycles. The summed E-state index contributed by atoms with van der Waals surface area (Å²) in [4.78, 5) is 0. The van der Waals surface area contributed by atoms with Crippen LogP contribution in [0.25, 0.3) is 0 Å². The van der Waals surface area contributed by atoms with Crippen LogP contribution in [0.1, 0.15) is 25.3 Å². The van der Waals surface area contributed by atoms with E-state index in [0.717, 1.165) is 16.0 Å². The number of hydrogen-bond acceptors (Lipinski definition) is 2. The summed E-state index contributed by atoms with van der Waals surface area (Å²) in [6.07, 6.45) is 0. The predicted octanol–water partition coefficient (Wildman–Crippen LogP) is 3.59. The van der Waals surface area contributed by atoms with E-state index in [9.17, 15) is 0 Å². The van der Waals surface area contributed by atoms with Gasteiger partial charge < -0.3 is 9.47 Å². The van der Waals surface area contributed by atoms with Gasteiger partial charge in [0, 0.05) is 0 Å². The molecule has 1 rings (SSSR count). The van der Waals surface area contributed by atoms with E-state index in [0.29, 0.717) is 5.92 Å². The molecule has 0 unspecified atom stereocenters. The van der Waals surface area contributed by atoms with Crippen LogP contribution in [-0.4, -0.2) is 14.2 Å². The lowest BCUT2D eigenvalue weighted by molar-refractivity contribution is 0.352. The fourth-order valence-electron chi connectivity index (χ4n) is 1.27. The molecule has 0 aliphatic rings. The Labute approximate surface area is 93.4 Å². The molecular weight excluding hydrogens is 244 g/mol. The summed E-state index contributed by atoms with van der Waals surface area (Å²) < 4.78 is 11.4. The zero-order chi connectivity index (χ0) is 10.7. The molecule has 0 radical (unpaired) electrons. The Balaban J connectivity index is 3.24.